The van der Waals surface area contributed by atoms with Gasteiger partial charge >= 0.3 is 31.4 Å². The summed E-state index contributed by atoms with van der Waals surface area (Å²) >= 11 is 0. The topological polar surface area (TPSA) is 107 Å². The van der Waals surface area contributed by atoms with Crippen molar-refractivity contribution in [1.29, 1.82) is 0 Å². The molecule has 0 N–H and O–H groups in total. The number of allylic oxidation sites excluding steroid dienone is 2. The maximum Gasteiger partial charge on any atom is 2.00 e. The van der Waals surface area contributed by atoms with Gasteiger partial charge in [-0.1, -0.05) is 49.2 Å². The molecule has 0 saturated heterocycles. The molecule has 5 heterocycles. The summed E-state index contributed by atoms with van der Waals surface area (Å²) in [4.78, 5) is 45.5. The maximum absolute atomic E-state index is 12.8. The quantitative estimate of drug-likeness (QED) is 0.186. The number of carbonyl (C=O) groups excluding carboxylic acids is 2. The Labute approximate surface area is 262 Å². The van der Waals surface area contributed by atoms with Crippen LogP contribution in [0.2, 0.25) is 0 Å². The average molecular weight is 626 g/mol. The molecule has 0 radical (unpaired) electrons. The molecular formula is C34H32N4O4Zn. The summed E-state index contributed by atoms with van der Waals surface area (Å²) in [5.41, 5.74) is 10.8. The van der Waals surface area contributed by atoms with Gasteiger partial charge in [0.25, 0.3) is 0 Å². The maximum atomic E-state index is 12.8. The summed E-state index contributed by atoms with van der Waals surface area (Å²) in [6, 6.07) is 11.3. The van der Waals surface area contributed by atoms with Gasteiger partial charge in [-0.3, -0.25) is 4.98 Å². The number of esters is 2. The predicted molar refractivity (Wildman–Crippen MR) is 163 cm³/mol. The summed E-state index contributed by atoms with van der Waals surface area (Å²) in [6.45, 7) is 12.6. The number of rotatable bonds is 2. The first-order valence-corrected chi connectivity index (χ1v) is 13.8. The molecule has 0 aliphatic carbocycles. The van der Waals surface area contributed by atoms with Crippen molar-refractivity contribution in [3.8, 4) is 0 Å². The molecule has 214 valence electrons. The van der Waals surface area contributed by atoms with E-state index in [2.05, 4.69) is 40.7 Å². The second-order valence-corrected chi connectivity index (χ2v) is 11.7. The van der Waals surface area contributed by atoms with E-state index in [1.807, 2.05) is 25.1 Å². The summed E-state index contributed by atoms with van der Waals surface area (Å²) < 4.78 is 10.0. The zero-order valence-corrected chi connectivity index (χ0v) is 28.8. The van der Waals surface area contributed by atoms with E-state index in [0.29, 0.717) is 21.8 Å². The number of aryl methyl sites for hydroxylation is 2. The molecule has 3 aromatic heterocycles. The van der Waals surface area contributed by atoms with Crippen LogP contribution in [0, 0.1) is 13.8 Å². The van der Waals surface area contributed by atoms with Crippen LogP contribution in [0.25, 0.3) is 44.0 Å². The number of carbonyl (C=O) groups is 2. The second-order valence-electron chi connectivity index (χ2n) is 11.7. The van der Waals surface area contributed by atoms with Crippen LogP contribution in [-0.4, -0.2) is 36.1 Å². The Balaban J connectivity index is 0.00000368. The van der Waals surface area contributed by atoms with E-state index >= 15 is 0 Å². The fourth-order valence-corrected chi connectivity index (χ4v) is 5.72. The molecule has 0 unspecified atom stereocenters. The van der Waals surface area contributed by atoms with E-state index in [1.54, 1.807) is 12.1 Å². The average Bonchev–Trinajstić information content (AvgIpc) is 3.62. The third-order valence-electron chi connectivity index (χ3n) is 8.61. The fourth-order valence-electron chi connectivity index (χ4n) is 5.72. The normalized spacial score (nSPS) is 14.0. The van der Waals surface area contributed by atoms with Crippen molar-refractivity contribution in [2.24, 2.45) is 0 Å². The van der Waals surface area contributed by atoms with Gasteiger partial charge in [-0.05, 0) is 61.7 Å². The molecule has 6 rings (SSSR count). The summed E-state index contributed by atoms with van der Waals surface area (Å²) in [7, 11) is 2.57. The van der Waals surface area contributed by atoms with Crippen molar-refractivity contribution in [2.45, 2.75) is 53.4 Å². The first kappa shape index (κ1) is 30.4. The first-order valence-electron chi connectivity index (χ1n) is 13.8. The number of methoxy groups -OCH3 is 2. The first-order chi connectivity index (χ1) is 19.9. The number of fused-ring (bicyclic) bond motifs is 11. The van der Waals surface area contributed by atoms with Gasteiger partial charge in [0, 0.05) is 23.2 Å². The molecular weight excluding hydrogens is 594 g/mol. The molecule has 9 heteroatoms. The Morgan fingerprint density at radius 3 is 1.70 bits per heavy atom. The predicted octanol–water partition coefficient (Wildman–Crippen LogP) is 6.38. The van der Waals surface area contributed by atoms with Crippen LogP contribution in [0.15, 0.2) is 36.4 Å². The van der Waals surface area contributed by atoms with Crippen LogP contribution < -0.4 is 9.97 Å². The van der Waals surface area contributed by atoms with Crippen LogP contribution >= 0.6 is 0 Å². The van der Waals surface area contributed by atoms with Crippen molar-refractivity contribution >= 4 is 55.9 Å². The van der Waals surface area contributed by atoms with Gasteiger partial charge in [-0.2, -0.15) is 0 Å². The van der Waals surface area contributed by atoms with Gasteiger partial charge in [0.15, 0.2) is 0 Å². The molecule has 0 fully saturated rings. The number of hydrogen-bond acceptors (Lipinski definition) is 6. The molecule has 4 aromatic rings. The van der Waals surface area contributed by atoms with Crippen molar-refractivity contribution in [1.82, 2.24) is 19.9 Å². The molecule has 8 bridgehead atoms. The molecule has 8 nitrogen and oxygen atoms in total. The number of ether oxygens (including phenoxy) is 2. The smallest absolute Gasteiger partial charge is 0.657 e. The van der Waals surface area contributed by atoms with Gasteiger partial charge in [0.05, 0.1) is 36.7 Å². The molecule has 0 spiro atoms. The van der Waals surface area contributed by atoms with Gasteiger partial charge in [-0.15, -0.1) is 22.1 Å². The standard InChI is InChI=1S/C34H34N4O4.Zn/c1-16-17(2)26-12-27-18(3)19(4)28(37-27)13-29-21-10-23(32(39)41-7)24(33(40)42-8)11-22(21)30(38-29)14-31-34(5,6)15-20(35-31)9-25(16)36-26;/h9-14H,15H2,1-8H3,(H2,35,36,37,38,39,40);/q;+2/p-2. The van der Waals surface area contributed by atoms with Crippen LogP contribution in [0.5, 0.6) is 0 Å². The van der Waals surface area contributed by atoms with Gasteiger partial charge in [0.1, 0.15) is 0 Å². The summed E-state index contributed by atoms with van der Waals surface area (Å²) in [5.74, 6) is -1.26. The third-order valence-corrected chi connectivity index (χ3v) is 8.61. The number of benzene rings is 1. The Morgan fingerprint density at radius 2 is 1.16 bits per heavy atom. The number of nitrogens with zero attached hydrogens (tertiary/aromatic N) is 4. The molecule has 2 aliphatic heterocycles. The summed E-state index contributed by atoms with van der Waals surface area (Å²) in [6.07, 6.45) is 0.742. The number of hydrogen-bond donors (Lipinski definition) is 0. The van der Waals surface area contributed by atoms with E-state index in [9.17, 15) is 9.59 Å². The van der Waals surface area contributed by atoms with Crippen molar-refractivity contribution in [2.75, 3.05) is 14.2 Å². The Kier molecular flexibility index (Phi) is 7.68. The van der Waals surface area contributed by atoms with E-state index in [-0.39, 0.29) is 36.0 Å². The Hall–Kier alpha value is -4.10. The van der Waals surface area contributed by atoms with Gasteiger partial charge < -0.3 is 19.4 Å². The minimum Gasteiger partial charge on any atom is -0.657 e. The van der Waals surface area contributed by atoms with E-state index in [1.165, 1.54) is 14.2 Å². The van der Waals surface area contributed by atoms with Crippen LogP contribution in [0.3, 0.4) is 0 Å². The van der Waals surface area contributed by atoms with Crippen molar-refractivity contribution in [3.63, 3.8) is 0 Å². The monoisotopic (exact) mass is 624 g/mol. The molecule has 2 aliphatic rings. The minimum absolute atomic E-state index is 0. The zero-order valence-electron chi connectivity index (χ0n) is 25.8. The summed E-state index contributed by atoms with van der Waals surface area (Å²) in [5, 5.41) is 1.40. The molecule has 0 atom stereocenters. The molecule has 43 heavy (non-hydrogen) atoms. The molecule has 0 amide bonds. The SMILES string of the molecule is COC(=O)c1cc2c3cc4nc(cc5[n-]c(cc6nc(cc([n-]3)c2cc1C(=O)OC)C(C)(C)C6)c(C)c5C)C(C)=C4C.[Zn+2]. The Bertz CT molecular complexity index is 2050. The zero-order chi connectivity index (χ0) is 30.1. The van der Waals surface area contributed by atoms with Crippen LogP contribution in [-0.2, 0) is 40.8 Å². The second kappa shape index (κ2) is 10.9. The third kappa shape index (κ3) is 4.99. The van der Waals surface area contributed by atoms with E-state index < -0.39 is 11.9 Å². The molecule has 0 saturated carbocycles. The minimum atomic E-state index is -0.633. The Morgan fingerprint density at radius 1 is 0.698 bits per heavy atom. The van der Waals surface area contributed by atoms with E-state index in [4.69, 9.17) is 29.4 Å². The van der Waals surface area contributed by atoms with Crippen LogP contribution in [0.1, 0.15) is 82.3 Å². The van der Waals surface area contributed by atoms with Crippen molar-refractivity contribution < 1.29 is 38.5 Å². The van der Waals surface area contributed by atoms with E-state index in [0.717, 1.165) is 62.5 Å². The van der Waals surface area contributed by atoms with Gasteiger partial charge in [-0.25, -0.2) is 14.6 Å². The fraction of sp³-hybridized carbons (Fsp3) is 0.294. The van der Waals surface area contributed by atoms with Crippen molar-refractivity contribution in [3.05, 3.63) is 81.4 Å². The van der Waals surface area contributed by atoms with Gasteiger partial charge in [0.2, 0.25) is 0 Å². The number of aromatic nitrogens is 4. The molecule has 1 aromatic carbocycles. The van der Waals surface area contributed by atoms with Crippen LogP contribution in [0.4, 0.5) is 0 Å². The largest absolute Gasteiger partial charge is 2.00 e.